The Balaban J connectivity index is 2.13. The van der Waals surface area contributed by atoms with Crippen molar-refractivity contribution in [3.8, 4) is 0 Å². The van der Waals surface area contributed by atoms with Crippen molar-refractivity contribution in [1.29, 1.82) is 0 Å². The van der Waals surface area contributed by atoms with Gasteiger partial charge in [-0.15, -0.1) is 0 Å². The second kappa shape index (κ2) is 5.85. The molecule has 0 spiro atoms. The van der Waals surface area contributed by atoms with Crippen LogP contribution in [0, 0.1) is 15.9 Å². The Morgan fingerprint density at radius 2 is 2.20 bits per heavy atom. The van der Waals surface area contributed by atoms with Crippen LogP contribution in [0.5, 0.6) is 0 Å². The van der Waals surface area contributed by atoms with E-state index in [0.717, 1.165) is 25.5 Å². The van der Waals surface area contributed by atoms with Gasteiger partial charge < -0.3 is 5.11 Å². The number of likely N-dealkylation sites (tertiary alicyclic amines) is 1. The Morgan fingerprint density at radius 1 is 1.45 bits per heavy atom. The average Bonchev–Trinajstić information content (AvgIpc) is 2.51. The van der Waals surface area contributed by atoms with Gasteiger partial charge in [-0.1, -0.05) is 0 Å². The van der Waals surface area contributed by atoms with E-state index in [4.69, 9.17) is 0 Å². The number of nitro groups is 1. The third-order valence-electron chi connectivity index (χ3n) is 3.79. The van der Waals surface area contributed by atoms with Crippen LogP contribution in [0.25, 0.3) is 0 Å². The molecular formula is C14H19FN2O3. The van der Waals surface area contributed by atoms with Gasteiger partial charge in [0.25, 0.3) is 5.69 Å². The summed E-state index contributed by atoms with van der Waals surface area (Å²) in [5, 5.41) is 21.0. The molecule has 1 fully saturated rings. The maximum absolute atomic E-state index is 13.3. The van der Waals surface area contributed by atoms with Crippen molar-refractivity contribution in [2.24, 2.45) is 0 Å². The lowest BCUT2D eigenvalue weighted by atomic mass is 9.98. The van der Waals surface area contributed by atoms with Gasteiger partial charge in [0.1, 0.15) is 5.82 Å². The third-order valence-corrected chi connectivity index (χ3v) is 3.79. The van der Waals surface area contributed by atoms with E-state index in [1.165, 1.54) is 12.1 Å². The summed E-state index contributed by atoms with van der Waals surface area (Å²) in [4.78, 5) is 12.5. The minimum absolute atomic E-state index is 0.0533. The van der Waals surface area contributed by atoms with Crippen LogP contribution in [0.1, 0.15) is 31.7 Å². The fraction of sp³-hybridized carbons (Fsp3) is 0.571. The number of hydrogen-bond acceptors (Lipinski definition) is 4. The SMILES string of the molecule is CC1(O)CCCN(Cc2cc(F)ccc2[N+](=O)[O-])CC1. The molecule has 0 radical (unpaired) electrons. The van der Waals surface area contributed by atoms with Crippen molar-refractivity contribution in [3.05, 3.63) is 39.7 Å². The van der Waals surface area contributed by atoms with Gasteiger partial charge >= 0.3 is 0 Å². The molecule has 0 aliphatic carbocycles. The average molecular weight is 282 g/mol. The van der Waals surface area contributed by atoms with Crippen LogP contribution < -0.4 is 0 Å². The Labute approximate surface area is 117 Å². The van der Waals surface area contributed by atoms with E-state index in [0.29, 0.717) is 25.1 Å². The topological polar surface area (TPSA) is 66.6 Å². The summed E-state index contributed by atoms with van der Waals surface area (Å²) in [5.41, 5.74) is -0.346. The molecular weight excluding hydrogens is 263 g/mol. The Kier molecular flexibility index (Phi) is 4.35. The van der Waals surface area contributed by atoms with E-state index in [9.17, 15) is 19.6 Å². The van der Waals surface area contributed by atoms with Gasteiger partial charge in [0, 0.05) is 24.7 Å². The molecule has 0 bridgehead atoms. The molecule has 0 amide bonds. The summed E-state index contributed by atoms with van der Waals surface area (Å²) in [6.45, 7) is 3.55. The summed E-state index contributed by atoms with van der Waals surface area (Å²) >= 11 is 0. The van der Waals surface area contributed by atoms with Gasteiger partial charge in [-0.2, -0.15) is 0 Å². The van der Waals surface area contributed by atoms with Crippen LogP contribution in [0.4, 0.5) is 10.1 Å². The predicted molar refractivity (Wildman–Crippen MR) is 72.8 cm³/mol. The first-order valence-corrected chi connectivity index (χ1v) is 6.75. The van der Waals surface area contributed by atoms with Crippen molar-refractivity contribution in [3.63, 3.8) is 0 Å². The highest BCUT2D eigenvalue weighted by Crippen LogP contribution is 2.25. The lowest BCUT2D eigenvalue weighted by molar-refractivity contribution is -0.385. The van der Waals surface area contributed by atoms with E-state index in [1.54, 1.807) is 6.92 Å². The molecule has 1 aliphatic heterocycles. The van der Waals surface area contributed by atoms with E-state index >= 15 is 0 Å². The third kappa shape index (κ3) is 3.74. The van der Waals surface area contributed by atoms with Crippen molar-refractivity contribution in [2.45, 2.75) is 38.3 Å². The first kappa shape index (κ1) is 14.9. The summed E-state index contributed by atoms with van der Waals surface area (Å²) in [7, 11) is 0. The predicted octanol–water partition coefficient (Wildman–Crippen LogP) is 2.47. The highest BCUT2D eigenvalue weighted by atomic mass is 19.1. The van der Waals surface area contributed by atoms with Crippen LogP contribution in [0.15, 0.2) is 18.2 Å². The minimum Gasteiger partial charge on any atom is -0.390 e. The molecule has 20 heavy (non-hydrogen) atoms. The number of halogens is 1. The van der Waals surface area contributed by atoms with Crippen molar-refractivity contribution < 1.29 is 14.4 Å². The van der Waals surface area contributed by atoms with E-state index in [1.807, 2.05) is 4.90 Å². The molecule has 1 aromatic carbocycles. The highest BCUT2D eigenvalue weighted by Gasteiger charge is 2.26. The molecule has 6 heteroatoms. The Bertz CT molecular complexity index is 505. The molecule has 1 aliphatic rings. The van der Waals surface area contributed by atoms with Gasteiger partial charge in [0.15, 0.2) is 0 Å². The largest absolute Gasteiger partial charge is 0.390 e. The van der Waals surface area contributed by atoms with Gasteiger partial charge in [-0.05, 0) is 44.9 Å². The minimum atomic E-state index is -0.678. The van der Waals surface area contributed by atoms with Crippen molar-refractivity contribution >= 4 is 5.69 Å². The zero-order chi connectivity index (χ0) is 14.8. The highest BCUT2D eigenvalue weighted by molar-refractivity contribution is 5.40. The maximum atomic E-state index is 13.3. The van der Waals surface area contributed by atoms with E-state index < -0.39 is 16.3 Å². The number of rotatable bonds is 3. The molecule has 1 N–H and O–H groups in total. The lowest BCUT2D eigenvalue weighted by Crippen LogP contribution is -2.28. The smallest absolute Gasteiger partial charge is 0.274 e. The molecule has 2 rings (SSSR count). The van der Waals surface area contributed by atoms with Crippen LogP contribution in [-0.2, 0) is 6.54 Å². The molecule has 1 saturated heterocycles. The number of hydrogen-bond donors (Lipinski definition) is 1. The lowest BCUT2D eigenvalue weighted by Gasteiger charge is -2.22. The second-order valence-electron chi connectivity index (χ2n) is 5.66. The summed E-state index contributed by atoms with van der Waals surface area (Å²) in [6.07, 6.45) is 2.17. The number of benzene rings is 1. The molecule has 1 heterocycles. The molecule has 5 nitrogen and oxygen atoms in total. The fourth-order valence-electron chi connectivity index (χ4n) is 2.58. The van der Waals surface area contributed by atoms with Gasteiger partial charge in [0.2, 0.25) is 0 Å². The van der Waals surface area contributed by atoms with E-state index in [-0.39, 0.29) is 5.69 Å². The van der Waals surface area contributed by atoms with Crippen LogP contribution in [0.2, 0.25) is 0 Å². The molecule has 110 valence electrons. The first-order chi connectivity index (χ1) is 9.37. The maximum Gasteiger partial charge on any atom is 0.274 e. The zero-order valence-corrected chi connectivity index (χ0v) is 11.5. The van der Waals surface area contributed by atoms with Crippen LogP contribution in [0.3, 0.4) is 0 Å². The second-order valence-corrected chi connectivity index (χ2v) is 5.66. The summed E-state index contributed by atoms with van der Waals surface area (Å²) in [6, 6.07) is 3.54. The molecule has 1 aromatic rings. The van der Waals surface area contributed by atoms with Crippen LogP contribution >= 0.6 is 0 Å². The number of nitrogens with zero attached hydrogens (tertiary/aromatic N) is 2. The van der Waals surface area contributed by atoms with Crippen LogP contribution in [-0.4, -0.2) is 33.6 Å². The standard InChI is InChI=1S/C14H19FN2O3/c1-14(18)5-2-7-16(8-6-14)10-11-9-12(15)3-4-13(11)17(19)20/h3-4,9,18H,2,5-8,10H2,1H3. The van der Waals surface area contributed by atoms with Gasteiger partial charge in [-0.3, -0.25) is 15.0 Å². The first-order valence-electron chi connectivity index (χ1n) is 6.75. The summed E-state index contributed by atoms with van der Waals surface area (Å²) < 4.78 is 13.3. The fourth-order valence-corrected chi connectivity index (χ4v) is 2.58. The number of aliphatic hydroxyl groups is 1. The van der Waals surface area contributed by atoms with Crippen molar-refractivity contribution in [1.82, 2.24) is 4.90 Å². The Hall–Kier alpha value is -1.53. The van der Waals surface area contributed by atoms with Crippen molar-refractivity contribution in [2.75, 3.05) is 13.1 Å². The normalized spacial score (nSPS) is 24.4. The molecule has 1 atom stereocenters. The van der Waals surface area contributed by atoms with E-state index in [2.05, 4.69) is 0 Å². The molecule has 0 aromatic heterocycles. The quantitative estimate of drug-likeness (QED) is 0.683. The molecule has 0 saturated carbocycles. The Morgan fingerprint density at radius 3 is 2.90 bits per heavy atom. The van der Waals surface area contributed by atoms with Gasteiger partial charge in [0.05, 0.1) is 10.5 Å². The monoisotopic (exact) mass is 282 g/mol. The number of nitro benzene ring substituents is 1. The molecule has 1 unspecified atom stereocenters. The summed E-state index contributed by atoms with van der Waals surface area (Å²) in [5.74, 6) is -0.465. The van der Waals surface area contributed by atoms with Gasteiger partial charge in [-0.25, -0.2) is 4.39 Å². The zero-order valence-electron chi connectivity index (χ0n) is 11.5.